The van der Waals surface area contributed by atoms with Crippen molar-refractivity contribution in [2.45, 2.75) is 19.8 Å². The van der Waals surface area contributed by atoms with Crippen LogP contribution in [0.5, 0.6) is 0 Å². The van der Waals surface area contributed by atoms with Crippen LogP contribution in [0, 0.1) is 11.3 Å². The Morgan fingerprint density at radius 1 is 1.64 bits per heavy atom. The van der Waals surface area contributed by atoms with Crippen molar-refractivity contribution in [1.29, 1.82) is 5.26 Å². The highest BCUT2D eigenvalue weighted by Gasteiger charge is 2.02. The third kappa shape index (κ3) is 4.90. The highest BCUT2D eigenvalue weighted by atomic mass is 16.7. The van der Waals surface area contributed by atoms with Crippen LogP contribution in [0.1, 0.15) is 19.8 Å². The van der Waals surface area contributed by atoms with E-state index in [1.54, 1.807) is 13.0 Å². The van der Waals surface area contributed by atoms with Gasteiger partial charge in [0, 0.05) is 6.42 Å². The van der Waals surface area contributed by atoms with Gasteiger partial charge in [-0.15, -0.1) is 0 Å². The number of nitrogens with one attached hydrogen (secondary N) is 1. The van der Waals surface area contributed by atoms with Gasteiger partial charge in [-0.2, -0.15) is 10.7 Å². The lowest BCUT2D eigenvalue weighted by atomic mass is 10.5. The zero-order valence-corrected chi connectivity index (χ0v) is 6.09. The average Bonchev–Trinajstić information content (AvgIpc) is 2.01. The molecule has 0 bridgehead atoms. The van der Waals surface area contributed by atoms with E-state index in [-0.39, 0.29) is 12.8 Å². The predicted molar refractivity (Wildman–Crippen MR) is 34.8 cm³/mol. The normalized spacial score (nSPS) is 8.00. The summed E-state index contributed by atoms with van der Waals surface area (Å²) in [5, 5.41) is 8.01. The predicted octanol–water partition coefficient (Wildman–Crippen LogP) is -0.116. The van der Waals surface area contributed by atoms with Crippen molar-refractivity contribution >= 4 is 11.9 Å². The van der Waals surface area contributed by atoms with Crippen molar-refractivity contribution in [1.82, 2.24) is 5.48 Å². The number of rotatable bonds is 2. The summed E-state index contributed by atoms with van der Waals surface area (Å²) in [6.45, 7) is 1.60. The van der Waals surface area contributed by atoms with Gasteiger partial charge < -0.3 is 4.84 Å². The molecule has 0 aromatic heterocycles. The minimum absolute atomic E-state index is 0.187. The first kappa shape index (κ1) is 9.43. The van der Waals surface area contributed by atoms with Crippen molar-refractivity contribution in [2.24, 2.45) is 0 Å². The van der Waals surface area contributed by atoms with Crippen LogP contribution in [0.3, 0.4) is 0 Å². The lowest BCUT2D eigenvalue weighted by Gasteiger charge is -2.00. The van der Waals surface area contributed by atoms with E-state index in [1.807, 2.05) is 5.48 Å². The fourth-order valence-electron chi connectivity index (χ4n) is 0.294. The maximum Gasteiger partial charge on any atom is 0.331 e. The number of carbonyl (C=O) groups excluding carboxylic acids is 2. The van der Waals surface area contributed by atoms with Gasteiger partial charge in [0.05, 0.1) is 6.07 Å². The largest absolute Gasteiger partial charge is 0.341 e. The number of hydrogen-bond donors (Lipinski definition) is 1. The minimum atomic E-state index is -0.616. The Balaban J connectivity index is 3.47. The fraction of sp³-hybridized carbons (Fsp3) is 0.500. The van der Waals surface area contributed by atoms with Crippen molar-refractivity contribution in [3.05, 3.63) is 0 Å². The molecule has 0 aliphatic carbocycles. The Bertz CT molecular complexity index is 194. The SMILES string of the molecule is CCC(=O)ONC(=O)CC#N. The molecule has 0 saturated heterocycles. The first-order valence-electron chi connectivity index (χ1n) is 3.06. The lowest BCUT2D eigenvalue weighted by Crippen LogP contribution is -2.25. The molecule has 0 spiro atoms. The molecule has 1 amide bonds. The van der Waals surface area contributed by atoms with Gasteiger partial charge in [0.1, 0.15) is 6.42 Å². The van der Waals surface area contributed by atoms with Crippen LogP contribution < -0.4 is 5.48 Å². The Hall–Kier alpha value is -1.57. The highest BCUT2D eigenvalue weighted by molar-refractivity contribution is 5.79. The minimum Gasteiger partial charge on any atom is -0.341 e. The van der Waals surface area contributed by atoms with Gasteiger partial charge in [-0.1, -0.05) is 6.92 Å². The molecule has 0 rings (SSSR count). The van der Waals surface area contributed by atoms with Gasteiger partial charge in [-0.05, 0) is 0 Å². The van der Waals surface area contributed by atoms with Crippen molar-refractivity contribution in [3.63, 3.8) is 0 Å². The molecule has 0 radical (unpaired) electrons. The topological polar surface area (TPSA) is 79.2 Å². The molecule has 0 aromatic rings. The second kappa shape index (κ2) is 5.23. The van der Waals surface area contributed by atoms with Crippen LogP contribution in [-0.2, 0) is 14.4 Å². The number of amides is 1. The first-order valence-corrected chi connectivity index (χ1v) is 3.06. The summed E-state index contributed by atoms with van der Waals surface area (Å²) < 4.78 is 0. The summed E-state index contributed by atoms with van der Waals surface area (Å²) in [4.78, 5) is 25.1. The van der Waals surface area contributed by atoms with E-state index >= 15 is 0 Å². The van der Waals surface area contributed by atoms with E-state index in [1.165, 1.54) is 0 Å². The first-order chi connectivity index (χ1) is 5.20. The molecule has 0 aliphatic heterocycles. The summed E-state index contributed by atoms with van der Waals surface area (Å²) in [6.07, 6.45) is -0.121. The molecule has 0 unspecified atom stereocenters. The third-order valence-electron chi connectivity index (χ3n) is 0.807. The van der Waals surface area contributed by atoms with Crippen molar-refractivity contribution in [3.8, 4) is 6.07 Å². The fourth-order valence-corrected chi connectivity index (χ4v) is 0.294. The van der Waals surface area contributed by atoms with Gasteiger partial charge in [-0.25, -0.2) is 4.79 Å². The van der Waals surface area contributed by atoms with Crippen LogP contribution in [0.4, 0.5) is 0 Å². The summed E-state index contributed by atoms with van der Waals surface area (Å²) in [5.74, 6) is -1.15. The number of nitrogens with zero attached hydrogens (tertiary/aromatic N) is 1. The summed E-state index contributed by atoms with van der Waals surface area (Å²) in [7, 11) is 0. The second-order valence-electron chi connectivity index (χ2n) is 1.69. The van der Waals surface area contributed by atoms with Crippen LogP contribution in [0.2, 0.25) is 0 Å². The molecule has 60 valence electrons. The number of carbonyl (C=O) groups is 2. The van der Waals surface area contributed by atoms with Gasteiger partial charge >= 0.3 is 5.97 Å². The third-order valence-corrected chi connectivity index (χ3v) is 0.807. The molecule has 5 nitrogen and oxygen atoms in total. The number of nitriles is 1. The van der Waals surface area contributed by atoms with Crippen molar-refractivity contribution in [2.75, 3.05) is 0 Å². The van der Waals surface area contributed by atoms with E-state index in [2.05, 4.69) is 4.84 Å². The van der Waals surface area contributed by atoms with E-state index in [0.29, 0.717) is 0 Å². The Kier molecular flexibility index (Phi) is 4.49. The molecule has 0 saturated carbocycles. The molecule has 0 heterocycles. The summed E-state index contributed by atoms with van der Waals surface area (Å²) in [6, 6.07) is 1.61. The van der Waals surface area contributed by atoms with Gasteiger partial charge in [0.2, 0.25) is 0 Å². The number of hydrogen-bond acceptors (Lipinski definition) is 4. The number of hydroxylamine groups is 1. The Labute approximate surface area is 63.9 Å². The average molecular weight is 156 g/mol. The maximum atomic E-state index is 10.5. The van der Waals surface area contributed by atoms with E-state index in [9.17, 15) is 9.59 Å². The standard InChI is InChI=1S/C6H8N2O3/c1-2-6(10)11-8-5(9)3-4-7/h2-3H2,1H3,(H,8,9). The molecule has 0 aliphatic rings. The molecule has 0 aromatic carbocycles. The molecule has 5 heteroatoms. The summed E-state index contributed by atoms with van der Waals surface area (Å²) >= 11 is 0. The summed E-state index contributed by atoms with van der Waals surface area (Å²) in [5.41, 5.74) is 1.82. The van der Waals surface area contributed by atoms with Gasteiger partial charge in [0.25, 0.3) is 5.91 Å². The molecule has 0 fully saturated rings. The van der Waals surface area contributed by atoms with Gasteiger partial charge in [0.15, 0.2) is 0 Å². The zero-order chi connectivity index (χ0) is 8.69. The second-order valence-corrected chi connectivity index (χ2v) is 1.69. The van der Waals surface area contributed by atoms with Crippen LogP contribution in [0.15, 0.2) is 0 Å². The van der Waals surface area contributed by atoms with E-state index in [4.69, 9.17) is 5.26 Å². The lowest BCUT2D eigenvalue weighted by molar-refractivity contribution is -0.157. The van der Waals surface area contributed by atoms with E-state index < -0.39 is 11.9 Å². The van der Waals surface area contributed by atoms with E-state index in [0.717, 1.165) is 0 Å². The van der Waals surface area contributed by atoms with Gasteiger partial charge in [-0.3, -0.25) is 4.79 Å². The Morgan fingerprint density at radius 3 is 2.73 bits per heavy atom. The molecular formula is C6H8N2O3. The maximum absolute atomic E-state index is 10.5. The molecule has 1 N–H and O–H groups in total. The molecule has 11 heavy (non-hydrogen) atoms. The van der Waals surface area contributed by atoms with Crippen molar-refractivity contribution < 1.29 is 14.4 Å². The monoisotopic (exact) mass is 156 g/mol. The van der Waals surface area contributed by atoms with Crippen LogP contribution in [0.25, 0.3) is 0 Å². The molecular weight excluding hydrogens is 148 g/mol. The zero-order valence-electron chi connectivity index (χ0n) is 6.09. The molecule has 0 atom stereocenters. The quantitative estimate of drug-likeness (QED) is 0.565. The van der Waals surface area contributed by atoms with Crippen LogP contribution in [-0.4, -0.2) is 11.9 Å². The smallest absolute Gasteiger partial charge is 0.331 e. The highest BCUT2D eigenvalue weighted by Crippen LogP contribution is 1.81. The Morgan fingerprint density at radius 2 is 2.27 bits per heavy atom. The van der Waals surface area contributed by atoms with Crippen LogP contribution >= 0.6 is 0 Å².